The van der Waals surface area contributed by atoms with Crippen LogP contribution in [-0.4, -0.2) is 133 Å². The Hall–Kier alpha value is -4.88. The van der Waals surface area contributed by atoms with Gasteiger partial charge in [-0.25, -0.2) is 9.59 Å². The molecule has 2 amide bonds. The van der Waals surface area contributed by atoms with Crippen molar-refractivity contribution in [3.63, 3.8) is 0 Å². The Morgan fingerprint density at radius 3 is 2.29 bits per heavy atom. The molecule has 1 aliphatic carbocycles. The lowest BCUT2D eigenvalue weighted by molar-refractivity contribution is -0.265. The van der Waals surface area contributed by atoms with Crippen LogP contribution in [0.4, 0.5) is 4.79 Å². The standard InChI is InChI=1S/C59H86N2O15/c1-36-19-13-11-14-20-37(2)49(70-8)33-45-26-24-42(7)59(69,76-45)55(65)56(66)61-28-18-17-23-46(61)57(67)74-50(34-47(62)38(3)30-41(6)53(64)54(72-10)52(63)40(5)29-36)39(4)31-44-25-27-48(51(32-44)71-9)75-58(68)60-73-35-43-21-15-12-16-22-43/h11-16,19-22,30,36,38-40,42,44-46,48-51,53-54,64,69H,17-18,23-29,31-35H2,1-10H3,(H,60,68)/b14-11+,19-13-,37-20+,41-30+/t36-,38-,39-,40-,42-,44+,45+,46+,48-,49?,50+,51-,53-,54+,59-/m1/s1. The zero-order valence-corrected chi connectivity index (χ0v) is 46.5. The molecule has 2 bridgehead atoms. The third-order valence-corrected chi connectivity index (χ3v) is 15.9. The molecule has 1 unspecified atom stereocenters. The average molecular weight is 1060 g/mol. The second kappa shape index (κ2) is 29.7. The van der Waals surface area contributed by atoms with Crippen LogP contribution >= 0.6 is 0 Å². The number of aliphatic hydroxyl groups is 2. The zero-order valence-electron chi connectivity index (χ0n) is 46.5. The predicted octanol–water partition coefficient (Wildman–Crippen LogP) is 8.05. The van der Waals surface area contributed by atoms with Gasteiger partial charge >= 0.3 is 12.1 Å². The number of amides is 2. The third kappa shape index (κ3) is 17.1. The number of ether oxygens (including phenoxy) is 6. The van der Waals surface area contributed by atoms with Crippen molar-refractivity contribution < 1.29 is 72.2 Å². The highest BCUT2D eigenvalue weighted by Gasteiger charge is 2.53. The first-order valence-corrected chi connectivity index (χ1v) is 27.3. The van der Waals surface area contributed by atoms with Crippen LogP contribution in [0.3, 0.4) is 0 Å². The van der Waals surface area contributed by atoms with Gasteiger partial charge in [0.15, 0.2) is 5.78 Å². The van der Waals surface area contributed by atoms with Gasteiger partial charge in [0.1, 0.15) is 36.2 Å². The van der Waals surface area contributed by atoms with Gasteiger partial charge in [0.25, 0.3) is 11.7 Å². The number of nitrogens with zero attached hydrogens (tertiary/aromatic N) is 1. The van der Waals surface area contributed by atoms with Crippen LogP contribution < -0.4 is 5.48 Å². The van der Waals surface area contributed by atoms with Crippen LogP contribution in [0.2, 0.25) is 0 Å². The van der Waals surface area contributed by atoms with Crippen LogP contribution in [0, 0.1) is 35.5 Å². The highest BCUT2D eigenvalue weighted by atomic mass is 16.7. The monoisotopic (exact) mass is 1060 g/mol. The van der Waals surface area contributed by atoms with E-state index in [0.29, 0.717) is 69.8 Å². The van der Waals surface area contributed by atoms with E-state index in [4.69, 9.17) is 33.3 Å². The van der Waals surface area contributed by atoms with Gasteiger partial charge in [0.2, 0.25) is 5.79 Å². The molecule has 1 aromatic carbocycles. The number of allylic oxidation sites excluding steroid dienone is 6. The summed E-state index contributed by atoms with van der Waals surface area (Å²) in [5.74, 6) is -8.43. The first-order valence-electron chi connectivity index (χ1n) is 27.3. The van der Waals surface area contributed by atoms with Crippen LogP contribution in [-0.2, 0) is 63.8 Å². The molecule has 1 saturated carbocycles. The number of cyclic esters (lactones) is 1. The van der Waals surface area contributed by atoms with Crippen LogP contribution in [0.5, 0.6) is 0 Å². The van der Waals surface area contributed by atoms with E-state index in [2.05, 4.69) is 5.48 Å². The summed E-state index contributed by atoms with van der Waals surface area (Å²) >= 11 is 0. The molecule has 3 aliphatic heterocycles. The van der Waals surface area contributed by atoms with Crippen molar-refractivity contribution in [3.05, 3.63) is 83.5 Å². The van der Waals surface area contributed by atoms with Crippen LogP contribution in [0.1, 0.15) is 131 Å². The molecule has 17 nitrogen and oxygen atoms in total. The highest BCUT2D eigenvalue weighted by Crippen LogP contribution is 2.38. The number of rotatable bonds is 10. The maximum atomic E-state index is 14.6. The lowest BCUT2D eigenvalue weighted by Crippen LogP contribution is -2.61. The minimum atomic E-state index is -2.46. The summed E-state index contributed by atoms with van der Waals surface area (Å²) in [6.45, 7) is 12.8. The molecular formula is C59H86N2O15. The lowest BCUT2D eigenvalue weighted by atomic mass is 9.78. The van der Waals surface area contributed by atoms with Gasteiger partial charge in [-0.3, -0.25) is 24.0 Å². The number of aliphatic hydroxyl groups excluding tert-OH is 1. The van der Waals surface area contributed by atoms with E-state index in [-0.39, 0.29) is 49.4 Å². The van der Waals surface area contributed by atoms with E-state index in [1.165, 1.54) is 12.0 Å². The number of hydrogen-bond acceptors (Lipinski definition) is 15. The smallest absolute Gasteiger partial charge is 0.431 e. The summed E-state index contributed by atoms with van der Waals surface area (Å²) in [4.78, 5) is 90.8. The Kier molecular flexibility index (Phi) is 24.3. The van der Waals surface area contributed by atoms with Gasteiger partial charge in [-0.2, -0.15) is 5.48 Å². The first-order chi connectivity index (χ1) is 36.2. The first kappa shape index (κ1) is 62.0. The topological polar surface area (TPSA) is 223 Å². The number of nitrogens with one attached hydrogen (secondary N) is 1. The van der Waals surface area contributed by atoms with Gasteiger partial charge < -0.3 is 43.5 Å². The summed E-state index contributed by atoms with van der Waals surface area (Å²) in [7, 11) is 4.49. The number of Topliss-reactive ketones (excluding diaryl/α,β-unsaturated/α-hetero) is 3. The quantitative estimate of drug-likeness (QED) is 0.0873. The normalized spacial score (nSPS) is 36.1. The van der Waals surface area contributed by atoms with E-state index in [0.717, 1.165) is 11.1 Å². The van der Waals surface area contributed by atoms with Crippen molar-refractivity contribution in [1.29, 1.82) is 0 Å². The number of hydroxylamine groups is 1. The molecule has 0 aromatic heterocycles. The number of piperidine rings is 1. The number of carbonyl (C=O) groups excluding carboxylic acids is 6. The van der Waals surface area contributed by atoms with E-state index in [9.17, 15) is 39.0 Å². The molecule has 422 valence electrons. The summed E-state index contributed by atoms with van der Waals surface area (Å²) in [6, 6.07) is 8.18. The fourth-order valence-corrected chi connectivity index (χ4v) is 11.1. The predicted molar refractivity (Wildman–Crippen MR) is 284 cm³/mol. The fraction of sp³-hybridized carbons (Fsp3) is 0.661. The number of methoxy groups -OCH3 is 3. The van der Waals surface area contributed by atoms with Gasteiger partial charge in [0.05, 0.1) is 24.9 Å². The molecule has 3 N–H and O–H groups in total. The molecule has 15 atom stereocenters. The summed E-state index contributed by atoms with van der Waals surface area (Å²) in [6.07, 6.45) is 9.57. The van der Waals surface area contributed by atoms with Crippen molar-refractivity contribution in [3.8, 4) is 0 Å². The minimum Gasteiger partial charge on any atom is -0.460 e. The molecule has 17 heteroatoms. The van der Waals surface area contributed by atoms with Crippen molar-refractivity contribution >= 4 is 35.3 Å². The maximum absolute atomic E-state index is 14.6. The summed E-state index contributed by atoms with van der Waals surface area (Å²) in [5.41, 5.74) is 4.45. The highest BCUT2D eigenvalue weighted by molar-refractivity contribution is 6.39. The molecule has 0 radical (unpaired) electrons. The Balaban J connectivity index is 1.41. The van der Waals surface area contributed by atoms with Crippen molar-refractivity contribution in [2.75, 3.05) is 27.9 Å². The molecular weight excluding hydrogens is 977 g/mol. The Morgan fingerprint density at radius 1 is 0.855 bits per heavy atom. The minimum absolute atomic E-state index is 0.000483. The maximum Gasteiger partial charge on any atom is 0.431 e. The van der Waals surface area contributed by atoms with Gasteiger partial charge in [-0.05, 0) is 113 Å². The van der Waals surface area contributed by atoms with E-state index < -0.39 is 102 Å². The number of hydrogen-bond donors (Lipinski definition) is 3. The second-order valence-electron chi connectivity index (χ2n) is 21.8. The second-order valence-corrected chi connectivity index (χ2v) is 21.8. The van der Waals surface area contributed by atoms with Crippen molar-refractivity contribution in [2.45, 2.75) is 187 Å². The molecule has 5 rings (SSSR count). The van der Waals surface area contributed by atoms with Crippen LogP contribution in [0.15, 0.2) is 77.9 Å². The molecule has 3 heterocycles. The molecule has 4 aliphatic rings. The third-order valence-electron chi connectivity index (χ3n) is 15.9. The zero-order chi connectivity index (χ0) is 55.7. The number of carbonyl (C=O) groups is 6. The SMILES string of the molecule is COC1C[C@@H]2CC[C@@H](C)[C@@](O)(O2)C(=O)C(=O)N2CCCC[C@H]2C(=O)O[C@H]([C@H](C)C[C@@H]2CC[C@@H](OC(=O)NOCc3ccccc3)[C@H](OC)C2)CC(=O)[C@H](C)/C=C(\C)[C@@H](O)[C@@H](OC)C(=O)[C@H](C)C[C@H](C)\C=C/C=C/C=C/1C. The average Bonchev–Trinajstić information content (AvgIpc) is 3.40. The number of ketones is 3. The van der Waals surface area contributed by atoms with E-state index >= 15 is 0 Å². The molecule has 2 saturated heterocycles. The molecule has 3 fully saturated rings. The van der Waals surface area contributed by atoms with Crippen molar-refractivity contribution in [2.24, 2.45) is 35.5 Å². The number of fused-ring (bicyclic) bond motifs is 3. The molecule has 76 heavy (non-hydrogen) atoms. The number of esters is 1. The van der Waals surface area contributed by atoms with Gasteiger partial charge in [-0.15, -0.1) is 0 Å². The summed E-state index contributed by atoms with van der Waals surface area (Å²) < 4.78 is 35.5. The molecule has 1 aromatic rings. The largest absolute Gasteiger partial charge is 0.460 e. The fourth-order valence-electron chi connectivity index (χ4n) is 11.1. The number of benzene rings is 1. The van der Waals surface area contributed by atoms with Crippen molar-refractivity contribution in [1.82, 2.24) is 10.4 Å². The van der Waals surface area contributed by atoms with Crippen LogP contribution in [0.25, 0.3) is 0 Å². The van der Waals surface area contributed by atoms with E-state index in [1.54, 1.807) is 48.0 Å². The lowest BCUT2D eigenvalue weighted by Gasteiger charge is -2.42. The Labute approximate surface area is 450 Å². The van der Waals surface area contributed by atoms with Gasteiger partial charge in [0, 0.05) is 58.5 Å². The molecule has 0 spiro atoms. The van der Waals surface area contributed by atoms with E-state index in [1.807, 2.05) is 81.5 Å². The van der Waals surface area contributed by atoms with Gasteiger partial charge in [-0.1, -0.05) is 101 Å². The Bertz CT molecular complexity index is 2230. The summed E-state index contributed by atoms with van der Waals surface area (Å²) in [5, 5.41) is 23.6. The Morgan fingerprint density at radius 2 is 1.59 bits per heavy atom.